The van der Waals surface area contributed by atoms with Gasteiger partial charge in [0.05, 0.1) is 0 Å². The first-order valence-electron chi connectivity index (χ1n) is 10.3. The zero-order chi connectivity index (χ0) is 20.8. The monoisotopic (exact) mass is 401 g/mol. The van der Waals surface area contributed by atoms with Crippen molar-refractivity contribution in [1.29, 1.82) is 0 Å². The molecule has 0 radical (unpaired) electrons. The average Bonchev–Trinajstić information content (AvgIpc) is 2.83. The first kappa shape index (κ1) is 20.0. The largest absolute Gasteiger partial charge is 0.353 e. The van der Waals surface area contributed by atoms with E-state index in [0.717, 1.165) is 31.9 Å². The minimum absolute atomic E-state index is 0.0162. The number of piperazine rings is 1. The summed E-state index contributed by atoms with van der Waals surface area (Å²) >= 11 is 0. The molecule has 1 saturated heterocycles. The van der Waals surface area contributed by atoms with Crippen molar-refractivity contribution >= 4 is 11.7 Å². The van der Waals surface area contributed by atoms with Gasteiger partial charge in [0, 0.05) is 63.4 Å². The molecule has 3 aromatic rings. The van der Waals surface area contributed by atoms with Gasteiger partial charge in [0.15, 0.2) is 0 Å². The molecule has 1 atom stereocenters. The van der Waals surface area contributed by atoms with Gasteiger partial charge in [0.2, 0.25) is 0 Å². The van der Waals surface area contributed by atoms with E-state index in [2.05, 4.69) is 44.5 Å². The lowest BCUT2D eigenvalue weighted by molar-refractivity contribution is 0.0796. The van der Waals surface area contributed by atoms with Crippen molar-refractivity contribution in [3.05, 3.63) is 89.9 Å². The number of anilines is 1. The molecule has 1 aliphatic rings. The van der Waals surface area contributed by atoms with Crippen molar-refractivity contribution < 1.29 is 4.79 Å². The number of nitrogens with zero attached hydrogens (tertiary/aromatic N) is 4. The fraction of sp³-hybridized carbons (Fsp3) is 0.292. The standard InChI is InChI=1S/C24H27N5O/c1-28(15-10-19-7-11-25-12-8-19)24(30)21-9-13-27-23(17-21)29-16-14-26-22(18-29)20-5-3-2-4-6-20/h2-9,11-13,17,22,26H,10,14-16,18H2,1H3. The van der Waals surface area contributed by atoms with Crippen molar-refractivity contribution in [3.63, 3.8) is 0 Å². The second-order valence-corrected chi connectivity index (χ2v) is 7.60. The number of carbonyl (C=O) groups excluding carboxylic acids is 1. The molecule has 6 nitrogen and oxygen atoms in total. The molecule has 0 saturated carbocycles. The molecule has 1 fully saturated rings. The van der Waals surface area contributed by atoms with Crippen LogP contribution in [0.5, 0.6) is 0 Å². The van der Waals surface area contributed by atoms with Gasteiger partial charge in [-0.15, -0.1) is 0 Å². The minimum Gasteiger partial charge on any atom is -0.353 e. The van der Waals surface area contributed by atoms with E-state index in [1.165, 1.54) is 11.1 Å². The van der Waals surface area contributed by atoms with Crippen LogP contribution in [0.3, 0.4) is 0 Å². The second-order valence-electron chi connectivity index (χ2n) is 7.60. The van der Waals surface area contributed by atoms with Crippen molar-refractivity contribution in [1.82, 2.24) is 20.2 Å². The Bertz CT molecular complexity index is 964. The van der Waals surface area contributed by atoms with Gasteiger partial charge >= 0.3 is 0 Å². The summed E-state index contributed by atoms with van der Waals surface area (Å²) in [5.41, 5.74) is 3.12. The highest BCUT2D eigenvalue weighted by atomic mass is 16.2. The normalized spacial score (nSPS) is 16.3. The third kappa shape index (κ3) is 4.83. The van der Waals surface area contributed by atoms with Gasteiger partial charge in [0.25, 0.3) is 5.91 Å². The molecule has 154 valence electrons. The van der Waals surface area contributed by atoms with Gasteiger partial charge < -0.3 is 15.1 Å². The average molecular weight is 402 g/mol. The summed E-state index contributed by atoms with van der Waals surface area (Å²) in [5.74, 6) is 0.869. The molecule has 1 N–H and O–H groups in total. The fourth-order valence-corrected chi connectivity index (χ4v) is 3.76. The highest BCUT2D eigenvalue weighted by molar-refractivity contribution is 5.94. The lowest BCUT2D eigenvalue weighted by Gasteiger charge is -2.35. The molecule has 6 heteroatoms. The Hall–Kier alpha value is -3.25. The maximum absolute atomic E-state index is 12.9. The van der Waals surface area contributed by atoms with Crippen molar-refractivity contribution in [2.24, 2.45) is 0 Å². The van der Waals surface area contributed by atoms with E-state index in [1.54, 1.807) is 29.6 Å². The van der Waals surface area contributed by atoms with Gasteiger partial charge in [-0.3, -0.25) is 9.78 Å². The SMILES string of the molecule is CN(CCc1ccncc1)C(=O)c1ccnc(N2CCNC(c3ccccc3)C2)c1. The van der Waals surface area contributed by atoms with Gasteiger partial charge in [-0.2, -0.15) is 0 Å². The lowest BCUT2D eigenvalue weighted by atomic mass is 10.0. The molecular formula is C24H27N5O. The summed E-state index contributed by atoms with van der Waals surface area (Å²) in [6.07, 6.45) is 6.10. The van der Waals surface area contributed by atoms with E-state index in [9.17, 15) is 4.79 Å². The first-order chi connectivity index (χ1) is 14.7. The number of benzene rings is 1. The zero-order valence-corrected chi connectivity index (χ0v) is 17.2. The van der Waals surface area contributed by atoms with Gasteiger partial charge in [0.1, 0.15) is 5.82 Å². The maximum atomic E-state index is 12.9. The first-order valence-corrected chi connectivity index (χ1v) is 10.3. The highest BCUT2D eigenvalue weighted by Crippen LogP contribution is 2.22. The Kier molecular flexibility index (Phi) is 6.35. The van der Waals surface area contributed by atoms with Crippen LogP contribution >= 0.6 is 0 Å². The Balaban J connectivity index is 1.42. The van der Waals surface area contributed by atoms with Crippen LogP contribution in [-0.2, 0) is 6.42 Å². The molecule has 0 spiro atoms. The summed E-state index contributed by atoms with van der Waals surface area (Å²) in [4.78, 5) is 25.5. The summed E-state index contributed by atoms with van der Waals surface area (Å²) in [7, 11) is 1.85. The molecule has 3 heterocycles. The minimum atomic E-state index is 0.0162. The predicted octanol–water partition coefficient (Wildman–Crippen LogP) is 2.94. The van der Waals surface area contributed by atoms with Crippen LogP contribution in [0.2, 0.25) is 0 Å². The Morgan fingerprint density at radius 2 is 1.93 bits per heavy atom. The van der Waals surface area contributed by atoms with Crippen LogP contribution in [0, 0.1) is 0 Å². The van der Waals surface area contributed by atoms with E-state index < -0.39 is 0 Å². The molecule has 30 heavy (non-hydrogen) atoms. The van der Waals surface area contributed by atoms with Crippen LogP contribution < -0.4 is 10.2 Å². The van der Waals surface area contributed by atoms with E-state index in [-0.39, 0.29) is 11.9 Å². The molecule has 0 bridgehead atoms. The Morgan fingerprint density at radius 3 is 2.73 bits per heavy atom. The molecule has 0 aliphatic carbocycles. The highest BCUT2D eigenvalue weighted by Gasteiger charge is 2.22. The van der Waals surface area contributed by atoms with Gasteiger partial charge in [-0.25, -0.2) is 4.98 Å². The number of likely N-dealkylation sites (N-methyl/N-ethyl adjacent to an activating group) is 1. The van der Waals surface area contributed by atoms with Crippen molar-refractivity contribution in [2.75, 3.05) is 38.1 Å². The number of pyridine rings is 2. The number of aromatic nitrogens is 2. The predicted molar refractivity (Wildman–Crippen MR) is 119 cm³/mol. The van der Waals surface area contributed by atoms with E-state index in [0.29, 0.717) is 12.1 Å². The smallest absolute Gasteiger partial charge is 0.253 e. The molecule has 1 unspecified atom stereocenters. The summed E-state index contributed by atoms with van der Waals surface area (Å²) in [6, 6.07) is 18.4. The topological polar surface area (TPSA) is 61.4 Å². The number of amides is 1. The molecule has 1 aromatic carbocycles. The number of hydrogen-bond acceptors (Lipinski definition) is 5. The van der Waals surface area contributed by atoms with Crippen LogP contribution in [0.1, 0.15) is 27.5 Å². The molecular weight excluding hydrogens is 374 g/mol. The number of nitrogens with one attached hydrogen (secondary N) is 1. The van der Waals surface area contributed by atoms with Crippen molar-refractivity contribution in [3.8, 4) is 0 Å². The van der Waals surface area contributed by atoms with Crippen LogP contribution in [0.25, 0.3) is 0 Å². The number of rotatable bonds is 6. The quantitative estimate of drug-likeness (QED) is 0.688. The van der Waals surface area contributed by atoms with Gasteiger partial charge in [-0.05, 0) is 41.8 Å². The number of hydrogen-bond donors (Lipinski definition) is 1. The van der Waals surface area contributed by atoms with Gasteiger partial charge in [-0.1, -0.05) is 30.3 Å². The third-order valence-electron chi connectivity index (χ3n) is 5.53. The van der Waals surface area contributed by atoms with E-state index in [1.807, 2.05) is 31.3 Å². The molecule has 1 aliphatic heterocycles. The van der Waals surface area contributed by atoms with E-state index >= 15 is 0 Å². The molecule has 4 rings (SSSR count). The molecule has 2 aromatic heterocycles. The van der Waals surface area contributed by atoms with Crippen LogP contribution in [0.15, 0.2) is 73.2 Å². The third-order valence-corrected chi connectivity index (χ3v) is 5.53. The van der Waals surface area contributed by atoms with Crippen LogP contribution in [0.4, 0.5) is 5.82 Å². The zero-order valence-electron chi connectivity index (χ0n) is 17.2. The lowest BCUT2D eigenvalue weighted by Crippen LogP contribution is -2.46. The summed E-state index contributed by atoms with van der Waals surface area (Å²) < 4.78 is 0. The van der Waals surface area contributed by atoms with Crippen molar-refractivity contribution in [2.45, 2.75) is 12.5 Å². The van der Waals surface area contributed by atoms with E-state index in [4.69, 9.17) is 0 Å². The summed E-state index contributed by atoms with van der Waals surface area (Å²) in [5, 5.41) is 3.57. The van der Waals surface area contributed by atoms with Crippen LogP contribution in [-0.4, -0.2) is 54.0 Å². The fourth-order valence-electron chi connectivity index (χ4n) is 3.76. The molecule has 1 amide bonds. The Labute approximate surface area is 177 Å². The summed E-state index contributed by atoms with van der Waals surface area (Å²) in [6.45, 7) is 3.23. The Morgan fingerprint density at radius 1 is 1.13 bits per heavy atom. The number of carbonyl (C=O) groups is 1. The maximum Gasteiger partial charge on any atom is 0.253 e. The second kappa shape index (κ2) is 9.50.